The fourth-order valence-electron chi connectivity index (χ4n) is 1.61. The number of nitrogens with zero attached hydrogens (tertiary/aromatic N) is 1. The number of halogens is 1. The maximum atomic E-state index is 12.3. The van der Waals surface area contributed by atoms with Gasteiger partial charge in [-0.3, -0.25) is 9.82 Å². The Morgan fingerprint density at radius 1 is 1.38 bits per heavy atom. The number of hydrogen-bond donors (Lipinski definition) is 3. The number of sulfonamides is 1. The molecule has 0 saturated heterocycles. The van der Waals surface area contributed by atoms with Crippen molar-refractivity contribution >= 4 is 44.4 Å². The van der Waals surface area contributed by atoms with Crippen LogP contribution in [0.4, 0.5) is 5.82 Å². The van der Waals surface area contributed by atoms with Crippen LogP contribution in [-0.4, -0.2) is 29.7 Å². The Labute approximate surface area is 135 Å². The van der Waals surface area contributed by atoms with Crippen molar-refractivity contribution in [1.82, 2.24) is 10.2 Å². The lowest BCUT2D eigenvalue weighted by Gasteiger charge is -2.08. The molecule has 0 aliphatic heterocycles. The standard InChI is InChI=1S/C12H12IN3O4S/c1-6-7(2)14-15-11(6)16-21(19,20)8-3-4-10(13)9(5-8)12(17)18/h3-5H,1-2H3,(H,17,18)(H2,14,15,16). The summed E-state index contributed by atoms with van der Waals surface area (Å²) in [4.78, 5) is 11.0. The van der Waals surface area contributed by atoms with Crippen LogP contribution in [0.25, 0.3) is 0 Å². The highest BCUT2D eigenvalue weighted by Gasteiger charge is 2.20. The maximum Gasteiger partial charge on any atom is 0.336 e. The first kappa shape index (κ1) is 15.8. The van der Waals surface area contributed by atoms with Crippen molar-refractivity contribution in [1.29, 1.82) is 0 Å². The second-order valence-corrected chi connectivity index (χ2v) is 7.22. The molecule has 1 aromatic heterocycles. The van der Waals surface area contributed by atoms with Crippen molar-refractivity contribution in [3.8, 4) is 0 Å². The van der Waals surface area contributed by atoms with Crippen LogP contribution >= 0.6 is 22.6 Å². The van der Waals surface area contributed by atoms with Gasteiger partial charge in [0.25, 0.3) is 10.0 Å². The summed E-state index contributed by atoms with van der Waals surface area (Å²) in [5, 5.41) is 15.6. The van der Waals surface area contributed by atoms with Gasteiger partial charge in [0.05, 0.1) is 10.5 Å². The highest BCUT2D eigenvalue weighted by Crippen LogP contribution is 2.22. The number of benzene rings is 1. The molecule has 0 atom stereocenters. The first-order chi connectivity index (χ1) is 9.72. The smallest absolute Gasteiger partial charge is 0.336 e. The van der Waals surface area contributed by atoms with Crippen LogP contribution in [0.5, 0.6) is 0 Å². The highest BCUT2D eigenvalue weighted by atomic mass is 127. The van der Waals surface area contributed by atoms with Crippen LogP contribution in [0.15, 0.2) is 23.1 Å². The average molecular weight is 421 g/mol. The van der Waals surface area contributed by atoms with Gasteiger partial charge >= 0.3 is 5.97 Å². The third-order valence-electron chi connectivity index (χ3n) is 2.96. The number of carboxylic acid groups (broad SMARTS) is 1. The molecule has 9 heteroatoms. The van der Waals surface area contributed by atoms with Gasteiger partial charge < -0.3 is 5.11 Å². The van der Waals surface area contributed by atoms with E-state index >= 15 is 0 Å². The lowest BCUT2D eigenvalue weighted by molar-refractivity contribution is 0.0695. The van der Waals surface area contributed by atoms with Gasteiger partial charge in [-0.05, 0) is 54.6 Å². The fraction of sp³-hybridized carbons (Fsp3) is 0.167. The molecule has 112 valence electrons. The first-order valence-electron chi connectivity index (χ1n) is 5.79. The van der Waals surface area contributed by atoms with E-state index in [1.165, 1.54) is 12.1 Å². The van der Waals surface area contributed by atoms with E-state index in [-0.39, 0.29) is 16.3 Å². The number of anilines is 1. The van der Waals surface area contributed by atoms with Gasteiger partial charge in [0, 0.05) is 14.8 Å². The largest absolute Gasteiger partial charge is 0.478 e. The molecule has 0 spiro atoms. The predicted octanol–water partition coefficient (Wildman–Crippen LogP) is 2.13. The van der Waals surface area contributed by atoms with Crippen LogP contribution in [0.1, 0.15) is 21.6 Å². The number of rotatable bonds is 4. The monoisotopic (exact) mass is 421 g/mol. The highest BCUT2D eigenvalue weighted by molar-refractivity contribution is 14.1. The number of aromatic nitrogens is 2. The van der Waals surface area contributed by atoms with E-state index in [9.17, 15) is 13.2 Å². The van der Waals surface area contributed by atoms with Crippen LogP contribution in [0.3, 0.4) is 0 Å². The summed E-state index contributed by atoms with van der Waals surface area (Å²) >= 11 is 1.84. The molecule has 2 aromatic rings. The molecular formula is C12H12IN3O4S. The van der Waals surface area contributed by atoms with Crippen LogP contribution in [0.2, 0.25) is 0 Å². The number of H-pyrrole nitrogens is 1. The van der Waals surface area contributed by atoms with Crippen LogP contribution < -0.4 is 4.72 Å². The Kier molecular flexibility index (Phi) is 4.23. The van der Waals surface area contributed by atoms with Crippen LogP contribution in [0, 0.1) is 17.4 Å². The number of nitrogens with one attached hydrogen (secondary N) is 2. The molecule has 0 fully saturated rings. The van der Waals surface area contributed by atoms with Gasteiger partial charge in [-0.25, -0.2) is 13.2 Å². The fourth-order valence-corrected chi connectivity index (χ4v) is 3.26. The number of hydrogen-bond acceptors (Lipinski definition) is 4. The zero-order valence-corrected chi connectivity index (χ0v) is 14.1. The Balaban J connectivity index is 2.43. The molecule has 2 rings (SSSR count). The minimum atomic E-state index is -3.89. The zero-order chi connectivity index (χ0) is 15.8. The Morgan fingerprint density at radius 3 is 2.57 bits per heavy atom. The summed E-state index contributed by atoms with van der Waals surface area (Å²) in [6.07, 6.45) is 0. The SMILES string of the molecule is Cc1[nH]nc(NS(=O)(=O)c2ccc(I)c(C(=O)O)c2)c1C. The third kappa shape index (κ3) is 3.18. The van der Waals surface area contributed by atoms with Crippen molar-refractivity contribution in [2.24, 2.45) is 0 Å². The number of aromatic amines is 1. The predicted molar refractivity (Wildman–Crippen MR) is 85.0 cm³/mol. The molecule has 0 bridgehead atoms. The van der Waals surface area contributed by atoms with E-state index in [2.05, 4.69) is 14.9 Å². The summed E-state index contributed by atoms with van der Waals surface area (Å²) in [5.74, 6) is -0.980. The van der Waals surface area contributed by atoms with E-state index in [0.29, 0.717) is 9.13 Å². The van der Waals surface area contributed by atoms with Crippen molar-refractivity contribution in [2.45, 2.75) is 18.7 Å². The van der Waals surface area contributed by atoms with Gasteiger partial charge in [-0.15, -0.1) is 0 Å². The Hall–Kier alpha value is -1.62. The van der Waals surface area contributed by atoms with E-state index in [1.807, 2.05) is 22.6 Å². The van der Waals surface area contributed by atoms with E-state index < -0.39 is 16.0 Å². The molecule has 0 aliphatic carbocycles. The van der Waals surface area contributed by atoms with Crippen LogP contribution in [-0.2, 0) is 10.0 Å². The first-order valence-corrected chi connectivity index (χ1v) is 8.36. The second kappa shape index (κ2) is 5.64. The Morgan fingerprint density at radius 2 is 2.05 bits per heavy atom. The molecule has 0 amide bonds. The zero-order valence-electron chi connectivity index (χ0n) is 11.1. The molecule has 1 aromatic carbocycles. The topological polar surface area (TPSA) is 112 Å². The average Bonchev–Trinajstić information content (AvgIpc) is 2.70. The van der Waals surface area contributed by atoms with Crippen molar-refractivity contribution in [2.75, 3.05) is 4.72 Å². The molecular weight excluding hydrogens is 409 g/mol. The number of carbonyl (C=O) groups is 1. The van der Waals surface area contributed by atoms with Gasteiger partial charge in [0.2, 0.25) is 0 Å². The van der Waals surface area contributed by atoms with Crippen molar-refractivity contribution < 1.29 is 18.3 Å². The number of aromatic carboxylic acids is 1. The summed E-state index contributed by atoms with van der Waals surface area (Å²) < 4.78 is 27.4. The second-order valence-electron chi connectivity index (χ2n) is 4.37. The molecule has 0 unspecified atom stereocenters. The minimum Gasteiger partial charge on any atom is -0.478 e. The Bertz CT molecular complexity index is 814. The number of aryl methyl sites for hydroxylation is 1. The summed E-state index contributed by atoms with van der Waals surface area (Å²) in [6, 6.07) is 3.92. The summed E-state index contributed by atoms with van der Waals surface area (Å²) in [6.45, 7) is 3.50. The molecule has 0 aliphatic rings. The number of carboxylic acids is 1. The van der Waals surface area contributed by atoms with Gasteiger partial charge in [-0.2, -0.15) is 5.10 Å². The third-order valence-corrected chi connectivity index (χ3v) is 5.24. The van der Waals surface area contributed by atoms with Gasteiger partial charge in [0.15, 0.2) is 5.82 Å². The normalized spacial score (nSPS) is 11.4. The van der Waals surface area contributed by atoms with Crippen molar-refractivity contribution in [3.05, 3.63) is 38.6 Å². The van der Waals surface area contributed by atoms with Crippen molar-refractivity contribution in [3.63, 3.8) is 0 Å². The molecule has 1 heterocycles. The van der Waals surface area contributed by atoms with Gasteiger partial charge in [0.1, 0.15) is 0 Å². The molecule has 3 N–H and O–H groups in total. The minimum absolute atomic E-state index is 0.0617. The van der Waals surface area contributed by atoms with E-state index in [4.69, 9.17) is 5.11 Å². The molecule has 0 saturated carbocycles. The van der Waals surface area contributed by atoms with Gasteiger partial charge in [-0.1, -0.05) is 0 Å². The lowest BCUT2D eigenvalue weighted by atomic mass is 10.2. The summed E-state index contributed by atoms with van der Waals surface area (Å²) in [5.41, 5.74) is 1.37. The lowest BCUT2D eigenvalue weighted by Crippen LogP contribution is -2.15. The molecule has 0 radical (unpaired) electrons. The van der Waals surface area contributed by atoms with E-state index in [0.717, 1.165) is 11.8 Å². The molecule has 21 heavy (non-hydrogen) atoms. The quantitative estimate of drug-likeness (QED) is 0.655. The maximum absolute atomic E-state index is 12.3. The molecule has 7 nitrogen and oxygen atoms in total. The summed E-state index contributed by atoms with van der Waals surface area (Å²) in [7, 11) is -3.89. The van der Waals surface area contributed by atoms with E-state index in [1.54, 1.807) is 13.8 Å².